The topological polar surface area (TPSA) is 51.8 Å². The fourth-order valence-electron chi connectivity index (χ4n) is 2.76. The quantitative estimate of drug-likeness (QED) is 0.803. The van der Waals surface area contributed by atoms with Gasteiger partial charge in [0.1, 0.15) is 12.7 Å². The molecule has 3 heterocycles. The predicted octanol–water partition coefficient (Wildman–Crippen LogP) is 0.948. The minimum absolute atomic E-state index is 0.600. The normalized spacial score (nSPS) is 20.2. The van der Waals surface area contributed by atoms with Crippen molar-refractivity contribution >= 4 is 0 Å². The maximum Gasteiger partial charge on any atom is 0.137 e. The number of aromatic nitrogens is 5. The Morgan fingerprint density at radius 1 is 1.26 bits per heavy atom. The van der Waals surface area contributed by atoms with E-state index in [9.17, 15) is 0 Å². The first-order chi connectivity index (χ1) is 9.31. The number of hydrogen-bond donors (Lipinski definition) is 0. The van der Waals surface area contributed by atoms with Gasteiger partial charge in [-0.15, -0.1) is 0 Å². The number of hydrogen-bond acceptors (Lipinski definition) is 4. The molecular formula is C13H20N6. The molecule has 6 nitrogen and oxygen atoms in total. The second-order valence-corrected chi connectivity index (χ2v) is 5.23. The van der Waals surface area contributed by atoms with Gasteiger partial charge in [-0.2, -0.15) is 10.2 Å². The summed E-state index contributed by atoms with van der Waals surface area (Å²) < 4.78 is 3.96. The van der Waals surface area contributed by atoms with Crippen LogP contribution in [-0.4, -0.2) is 48.6 Å². The summed E-state index contributed by atoms with van der Waals surface area (Å²) in [4.78, 5) is 6.52. The average Bonchev–Trinajstić information content (AvgIpc) is 3.10. The highest BCUT2D eigenvalue weighted by Crippen LogP contribution is 2.18. The van der Waals surface area contributed by atoms with Crippen LogP contribution in [0, 0.1) is 6.92 Å². The third kappa shape index (κ3) is 3.01. The van der Waals surface area contributed by atoms with Gasteiger partial charge in [0.2, 0.25) is 0 Å². The van der Waals surface area contributed by atoms with E-state index in [1.54, 1.807) is 12.7 Å². The fourth-order valence-corrected chi connectivity index (χ4v) is 2.76. The molecule has 0 aromatic carbocycles. The summed E-state index contributed by atoms with van der Waals surface area (Å²) in [7, 11) is 0. The molecule has 0 aliphatic carbocycles. The minimum atomic E-state index is 0.600. The summed E-state index contributed by atoms with van der Waals surface area (Å²) >= 11 is 0. The Morgan fingerprint density at radius 3 is 2.95 bits per heavy atom. The van der Waals surface area contributed by atoms with Gasteiger partial charge in [-0.3, -0.25) is 14.3 Å². The van der Waals surface area contributed by atoms with Crippen LogP contribution in [0.1, 0.15) is 18.4 Å². The molecule has 0 amide bonds. The van der Waals surface area contributed by atoms with Gasteiger partial charge in [-0.1, -0.05) is 0 Å². The summed E-state index contributed by atoms with van der Waals surface area (Å²) in [6.07, 6.45) is 9.96. The van der Waals surface area contributed by atoms with Crippen molar-refractivity contribution in [2.45, 2.75) is 38.9 Å². The van der Waals surface area contributed by atoms with Crippen LogP contribution >= 0.6 is 0 Å². The van der Waals surface area contributed by atoms with Crippen molar-refractivity contribution in [1.29, 1.82) is 0 Å². The molecule has 2 aromatic heterocycles. The van der Waals surface area contributed by atoms with Crippen molar-refractivity contribution in [3.63, 3.8) is 0 Å². The molecule has 102 valence electrons. The average molecular weight is 260 g/mol. The first kappa shape index (κ1) is 12.3. The van der Waals surface area contributed by atoms with Gasteiger partial charge in [0.25, 0.3) is 0 Å². The van der Waals surface area contributed by atoms with Gasteiger partial charge >= 0.3 is 0 Å². The highest BCUT2D eigenvalue weighted by atomic mass is 15.3. The lowest BCUT2D eigenvalue weighted by Crippen LogP contribution is -2.35. The van der Waals surface area contributed by atoms with Crippen molar-refractivity contribution in [2.75, 3.05) is 13.1 Å². The van der Waals surface area contributed by atoms with Crippen molar-refractivity contribution < 1.29 is 0 Å². The van der Waals surface area contributed by atoms with Crippen LogP contribution in [0.25, 0.3) is 0 Å². The molecule has 1 saturated heterocycles. The third-order valence-electron chi connectivity index (χ3n) is 3.74. The zero-order chi connectivity index (χ0) is 13.1. The zero-order valence-corrected chi connectivity index (χ0v) is 11.3. The summed E-state index contributed by atoms with van der Waals surface area (Å²) in [5, 5.41) is 8.54. The van der Waals surface area contributed by atoms with Crippen LogP contribution in [0.4, 0.5) is 0 Å². The molecule has 1 atom stereocenters. The van der Waals surface area contributed by atoms with E-state index in [0.717, 1.165) is 19.6 Å². The van der Waals surface area contributed by atoms with E-state index in [1.807, 2.05) is 10.9 Å². The number of nitrogens with zero attached hydrogens (tertiary/aromatic N) is 6. The predicted molar refractivity (Wildman–Crippen MR) is 71.6 cm³/mol. The highest BCUT2D eigenvalue weighted by molar-refractivity contribution is 4.99. The summed E-state index contributed by atoms with van der Waals surface area (Å²) in [6.45, 7) is 6.20. The van der Waals surface area contributed by atoms with E-state index in [1.165, 1.54) is 24.9 Å². The van der Waals surface area contributed by atoms with Gasteiger partial charge < -0.3 is 0 Å². The molecule has 2 aromatic rings. The van der Waals surface area contributed by atoms with Crippen LogP contribution in [0.2, 0.25) is 0 Å². The monoisotopic (exact) mass is 260 g/mol. The first-order valence-electron chi connectivity index (χ1n) is 6.87. The molecule has 1 aliphatic heterocycles. The van der Waals surface area contributed by atoms with Crippen LogP contribution in [0.15, 0.2) is 25.0 Å². The lowest BCUT2D eigenvalue weighted by molar-refractivity contribution is 0.216. The number of rotatable bonds is 5. The molecule has 0 saturated carbocycles. The SMILES string of the molecule is Cc1cnn(C[C@@H]2CCCN2CCn2cncn2)c1. The Hall–Kier alpha value is -1.69. The Balaban J connectivity index is 1.55. The van der Waals surface area contributed by atoms with Crippen molar-refractivity contribution in [3.8, 4) is 0 Å². The molecule has 0 spiro atoms. The number of aryl methyl sites for hydroxylation is 1. The van der Waals surface area contributed by atoms with Crippen LogP contribution < -0.4 is 0 Å². The Bertz CT molecular complexity index is 503. The Labute approximate surface area is 113 Å². The van der Waals surface area contributed by atoms with Gasteiger partial charge in [0, 0.05) is 18.8 Å². The Kier molecular flexibility index (Phi) is 3.59. The maximum absolute atomic E-state index is 4.39. The van der Waals surface area contributed by atoms with Crippen molar-refractivity contribution in [1.82, 2.24) is 29.4 Å². The summed E-state index contributed by atoms with van der Waals surface area (Å²) in [6, 6.07) is 0.600. The summed E-state index contributed by atoms with van der Waals surface area (Å²) in [5.41, 5.74) is 1.23. The molecule has 0 N–H and O–H groups in total. The molecule has 3 rings (SSSR count). The van der Waals surface area contributed by atoms with E-state index in [-0.39, 0.29) is 0 Å². The van der Waals surface area contributed by atoms with Gasteiger partial charge in [-0.05, 0) is 31.9 Å². The van der Waals surface area contributed by atoms with Crippen LogP contribution in [0.3, 0.4) is 0 Å². The molecule has 1 fully saturated rings. The van der Waals surface area contributed by atoms with Gasteiger partial charge in [0.15, 0.2) is 0 Å². The lowest BCUT2D eigenvalue weighted by atomic mass is 10.2. The zero-order valence-electron chi connectivity index (χ0n) is 11.3. The van der Waals surface area contributed by atoms with Crippen molar-refractivity contribution in [2.24, 2.45) is 0 Å². The molecule has 0 radical (unpaired) electrons. The van der Waals surface area contributed by atoms with Crippen molar-refractivity contribution in [3.05, 3.63) is 30.6 Å². The largest absolute Gasteiger partial charge is 0.297 e. The highest BCUT2D eigenvalue weighted by Gasteiger charge is 2.24. The molecular weight excluding hydrogens is 240 g/mol. The van der Waals surface area contributed by atoms with Crippen LogP contribution in [0.5, 0.6) is 0 Å². The van der Waals surface area contributed by atoms with E-state index < -0.39 is 0 Å². The first-order valence-corrected chi connectivity index (χ1v) is 6.87. The second-order valence-electron chi connectivity index (χ2n) is 5.23. The van der Waals surface area contributed by atoms with E-state index in [0.29, 0.717) is 6.04 Å². The third-order valence-corrected chi connectivity index (χ3v) is 3.74. The molecule has 6 heteroatoms. The molecule has 0 bridgehead atoms. The fraction of sp³-hybridized carbons (Fsp3) is 0.615. The summed E-state index contributed by atoms with van der Waals surface area (Å²) in [5.74, 6) is 0. The second kappa shape index (κ2) is 5.52. The molecule has 19 heavy (non-hydrogen) atoms. The van der Waals surface area contributed by atoms with Gasteiger partial charge in [-0.25, -0.2) is 4.98 Å². The molecule has 1 aliphatic rings. The maximum atomic E-state index is 4.39. The van der Waals surface area contributed by atoms with E-state index >= 15 is 0 Å². The minimum Gasteiger partial charge on any atom is -0.297 e. The molecule has 0 unspecified atom stereocenters. The smallest absolute Gasteiger partial charge is 0.137 e. The van der Waals surface area contributed by atoms with E-state index in [2.05, 4.69) is 37.9 Å². The Morgan fingerprint density at radius 2 is 2.21 bits per heavy atom. The number of likely N-dealkylation sites (tertiary alicyclic amines) is 1. The van der Waals surface area contributed by atoms with Gasteiger partial charge in [0.05, 0.1) is 19.3 Å². The standard InChI is InChI=1S/C13H20N6/c1-12-7-15-19(8-12)9-13-3-2-4-17(13)5-6-18-11-14-10-16-18/h7-8,10-11,13H,2-6,9H2,1H3/t13-/m0/s1. The van der Waals surface area contributed by atoms with E-state index in [4.69, 9.17) is 0 Å². The lowest BCUT2D eigenvalue weighted by Gasteiger charge is -2.24. The van der Waals surface area contributed by atoms with Crippen LogP contribution in [-0.2, 0) is 13.1 Å².